The summed E-state index contributed by atoms with van der Waals surface area (Å²) >= 11 is 1.60. The van der Waals surface area contributed by atoms with Gasteiger partial charge in [0.15, 0.2) is 0 Å². The normalized spacial score (nSPS) is 19.8. The highest BCUT2D eigenvalue weighted by atomic mass is 32.1. The third-order valence-electron chi connectivity index (χ3n) is 5.86. The van der Waals surface area contributed by atoms with E-state index in [9.17, 15) is 9.50 Å². The summed E-state index contributed by atoms with van der Waals surface area (Å²) in [4.78, 5) is 8.30. The molecule has 0 spiro atoms. The smallest absolute Gasteiger partial charge is 0.125 e. The highest BCUT2D eigenvalue weighted by Crippen LogP contribution is 2.37. The lowest BCUT2D eigenvalue weighted by Gasteiger charge is -2.24. The van der Waals surface area contributed by atoms with Gasteiger partial charge in [-0.3, -0.25) is 4.90 Å². The summed E-state index contributed by atoms with van der Waals surface area (Å²) < 4.78 is 18.7. The van der Waals surface area contributed by atoms with Crippen LogP contribution >= 0.6 is 11.3 Å². The van der Waals surface area contributed by atoms with Gasteiger partial charge >= 0.3 is 0 Å². The first-order valence-corrected chi connectivity index (χ1v) is 11.7. The van der Waals surface area contributed by atoms with Crippen LogP contribution in [0.1, 0.15) is 40.4 Å². The Labute approximate surface area is 187 Å². The molecular formula is C25H29FN2O2S. The molecule has 3 aromatic rings. The number of aromatic nitrogens is 1. The predicted octanol–water partition coefficient (Wildman–Crippen LogP) is 5.09. The molecule has 1 aromatic heterocycles. The number of thiazole rings is 1. The second kappa shape index (κ2) is 9.90. The van der Waals surface area contributed by atoms with Crippen molar-refractivity contribution < 1.29 is 14.2 Å². The Balaban J connectivity index is 1.35. The zero-order chi connectivity index (χ0) is 21.7. The lowest BCUT2D eigenvalue weighted by molar-refractivity contribution is 0.0207. The van der Waals surface area contributed by atoms with Crippen molar-refractivity contribution in [3.05, 3.63) is 81.6 Å². The van der Waals surface area contributed by atoms with E-state index in [1.165, 1.54) is 17.7 Å². The quantitative estimate of drug-likeness (QED) is 0.556. The van der Waals surface area contributed by atoms with E-state index in [0.717, 1.165) is 54.5 Å². The number of hydrogen-bond donors (Lipinski definition) is 1. The highest BCUT2D eigenvalue weighted by Gasteiger charge is 2.35. The molecule has 1 atom stereocenters. The van der Waals surface area contributed by atoms with E-state index in [1.54, 1.807) is 23.5 Å². The van der Waals surface area contributed by atoms with Crippen molar-refractivity contribution in [2.75, 3.05) is 19.7 Å². The van der Waals surface area contributed by atoms with E-state index in [4.69, 9.17) is 9.72 Å². The maximum atomic E-state index is 13.0. The van der Waals surface area contributed by atoms with Gasteiger partial charge in [-0.25, -0.2) is 9.37 Å². The molecule has 0 unspecified atom stereocenters. The van der Waals surface area contributed by atoms with E-state index in [-0.39, 0.29) is 5.82 Å². The van der Waals surface area contributed by atoms with Gasteiger partial charge in [0.05, 0.1) is 12.3 Å². The summed E-state index contributed by atoms with van der Waals surface area (Å²) in [5.41, 5.74) is 1.40. The summed E-state index contributed by atoms with van der Waals surface area (Å²) in [6, 6.07) is 16.6. The molecule has 0 bridgehead atoms. The van der Waals surface area contributed by atoms with Crippen LogP contribution < -0.4 is 4.74 Å². The van der Waals surface area contributed by atoms with Gasteiger partial charge < -0.3 is 9.84 Å². The lowest BCUT2D eigenvalue weighted by atomic mass is 9.96. The third-order valence-corrected chi connectivity index (χ3v) is 7.27. The number of aliphatic hydroxyl groups is 1. The number of ether oxygens (including phenoxy) is 1. The molecule has 1 N–H and O–H groups in total. The number of benzene rings is 2. The van der Waals surface area contributed by atoms with Crippen LogP contribution in [-0.2, 0) is 18.6 Å². The molecular weight excluding hydrogens is 411 g/mol. The van der Waals surface area contributed by atoms with E-state index < -0.39 is 5.60 Å². The number of aryl methyl sites for hydroxylation is 1. The van der Waals surface area contributed by atoms with Crippen molar-refractivity contribution in [1.82, 2.24) is 9.88 Å². The molecule has 0 amide bonds. The van der Waals surface area contributed by atoms with Crippen molar-refractivity contribution >= 4 is 11.3 Å². The van der Waals surface area contributed by atoms with Gasteiger partial charge in [0, 0.05) is 24.4 Å². The fraction of sp³-hybridized carbons (Fsp3) is 0.400. The summed E-state index contributed by atoms with van der Waals surface area (Å²) in [7, 11) is 0. The molecule has 1 fully saturated rings. The molecule has 31 heavy (non-hydrogen) atoms. The largest absolute Gasteiger partial charge is 0.493 e. The summed E-state index contributed by atoms with van der Waals surface area (Å²) in [6.07, 6.45) is 3.09. The molecule has 1 aliphatic heterocycles. The van der Waals surface area contributed by atoms with E-state index >= 15 is 0 Å². The van der Waals surface area contributed by atoms with Gasteiger partial charge in [0.2, 0.25) is 0 Å². The van der Waals surface area contributed by atoms with Gasteiger partial charge in [-0.15, -0.1) is 11.3 Å². The summed E-state index contributed by atoms with van der Waals surface area (Å²) in [5.74, 6) is 0.388. The molecule has 2 heterocycles. The molecule has 164 valence electrons. The maximum Gasteiger partial charge on any atom is 0.125 e. The number of likely N-dealkylation sites (tertiary alicyclic amines) is 1. The first-order valence-electron chi connectivity index (χ1n) is 10.9. The molecule has 6 heteroatoms. The Bertz CT molecular complexity index is 977. The van der Waals surface area contributed by atoms with Crippen molar-refractivity contribution in [2.45, 2.75) is 44.8 Å². The molecule has 1 saturated heterocycles. The Kier molecular flexibility index (Phi) is 7.00. The number of rotatable bonds is 7. The van der Waals surface area contributed by atoms with Gasteiger partial charge in [0.1, 0.15) is 22.2 Å². The SMILES string of the molecule is Cc1nc([C@@]2(O)CCCN(Cc3ccccc3)CC2)sc1CCOc1ccc(F)cc1. The predicted molar refractivity (Wildman–Crippen MR) is 122 cm³/mol. The van der Waals surface area contributed by atoms with Crippen LogP contribution in [0.15, 0.2) is 54.6 Å². The van der Waals surface area contributed by atoms with Gasteiger partial charge in [-0.2, -0.15) is 0 Å². The Morgan fingerprint density at radius 3 is 2.65 bits per heavy atom. The fourth-order valence-electron chi connectivity index (χ4n) is 4.04. The van der Waals surface area contributed by atoms with Gasteiger partial charge in [0.25, 0.3) is 0 Å². The first-order chi connectivity index (χ1) is 15.0. The van der Waals surface area contributed by atoms with E-state index in [1.807, 2.05) is 13.0 Å². The molecule has 2 aromatic carbocycles. The van der Waals surface area contributed by atoms with Crippen molar-refractivity contribution in [2.24, 2.45) is 0 Å². The molecule has 0 aliphatic carbocycles. The zero-order valence-electron chi connectivity index (χ0n) is 17.9. The second-order valence-electron chi connectivity index (χ2n) is 8.23. The second-order valence-corrected chi connectivity index (χ2v) is 9.31. The average molecular weight is 441 g/mol. The fourth-order valence-corrected chi connectivity index (χ4v) is 5.23. The maximum absolute atomic E-state index is 13.0. The Morgan fingerprint density at radius 2 is 1.87 bits per heavy atom. The van der Waals surface area contributed by atoms with Gasteiger partial charge in [-0.05, 0) is 62.6 Å². The van der Waals surface area contributed by atoms with Crippen LogP contribution in [0.4, 0.5) is 4.39 Å². The Hall–Kier alpha value is -2.28. The minimum Gasteiger partial charge on any atom is -0.493 e. The van der Waals surface area contributed by atoms with Crippen LogP contribution in [0.5, 0.6) is 5.75 Å². The zero-order valence-corrected chi connectivity index (χ0v) is 18.7. The van der Waals surface area contributed by atoms with Crippen LogP contribution in [0.25, 0.3) is 0 Å². The van der Waals surface area contributed by atoms with Crippen LogP contribution in [0.3, 0.4) is 0 Å². The molecule has 0 radical (unpaired) electrons. The van der Waals surface area contributed by atoms with E-state index in [0.29, 0.717) is 18.8 Å². The van der Waals surface area contributed by atoms with Crippen molar-refractivity contribution in [3.8, 4) is 5.75 Å². The molecule has 4 nitrogen and oxygen atoms in total. The highest BCUT2D eigenvalue weighted by molar-refractivity contribution is 7.11. The summed E-state index contributed by atoms with van der Waals surface area (Å²) in [6.45, 7) is 5.25. The number of nitrogens with zero attached hydrogens (tertiary/aromatic N) is 2. The first kappa shape index (κ1) is 21.9. The van der Waals surface area contributed by atoms with Crippen molar-refractivity contribution in [1.29, 1.82) is 0 Å². The van der Waals surface area contributed by atoms with E-state index in [2.05, 4.69) is 29.2 Å². The lowest BCUT2D eigenvalue weighted by Crippen LogP contribution is -2.29. The topological polar surface area (TPSA) is 45.6 Å². The molecule has 0 saturated carbocycles. The average Bonchev–Trinajstić information content (AvgIpc) is 3.04. The molecule has 1 aliphatic rings. The number of halogens is 1. The monoisotopic (exact) mass is 440 g/mol. The summed E-state index contributed by atoms with van der Waals surface area (Å²) in [5, 5.41) is 12.3. The third kappa shape index (κ3) is 5.70. The van der Waals surface area contributed by atoms with Crippen LogP contribution in [0.2, 0.25) is 0 Å². The van der Waals surface area contributed by atoms with Gasteiger partial charge in [-0.1, -0.05) is 30.3 Å². The standard InChI is InChI=1S/C25H29FN2O2S/c1-19-23(12-17-30-22-10-8-21(26)9-11-22)31-24(27-19)25(29)13-5-15-28(16-14-25)18-20-6-3-2-4-7-20/h2-4,6-11,29H,5,12-18H2,1H3/t25-/m1/s1. The van der Waals surface area contributed by atoms with Crippen molar-refractivity contribution in [3.63, 3.8) is 0 Å². The number of hydrogen-bond acceptors (Lipinski definition) is 5. The minimum atomic E-state index is -0.864. The van der Waals surface area contributed by atoms with Crippen LogP contribution in [0, 0.1) is 12.7 Å². The van der Waals surface area contributed by atoms with Crippen LogP contribution in [-0.4, -0.2) is 34.7 Å². The molecule has 4 rings (SSSR count). The Morgan fingerprint density at radius 1 is 1.10 bits per heavy atom. The minimum absolute atomic E-state index is 0.269.